The maximum absolute atomic E-state index is 13.0. The topological polar surface area (TPSA) is 81.4 Å². The number of anilines is 1. The number of sulfonamides is 1. The van der Waals surface area contributed by atoms with Gasteiger partial charge in [0.05, 0.1) is 16.7 Å². The van der Waals surface area contributed by atoms with E-state index in [-0.39, 0.29) is 22.7 Å². The van der Waals surface area contributed by atoms with Crippen molar-refractivity contribution in [1.29, 1.82) is 0 Å². The molecular formula is C12H17FN2O3S. The SMILES string of the molecule is COC1CCCC1NS(=O)(=O)c1ccc(F)c(N)c1. The zero-order valence-corrected chi connectivity index (χ0v) is 11.4. The monoisotopic (exact) mass is 288 g/mol. The minimum Gasteiger partial charge on any atom is -0.396 e. The van der Waals surface area contributed by atoms with Crippen LogP contribution >= 0.6 is 0 Å². The van der Waals surface area contributed by atoms with Gasteiger partial charge < -0.3 is 10.5 Å². The Kier molecular flexibility index (Phi) is 4.07. The second-order valence-corrected chi connectivity index (χ2v) is 6.33. The van der Waals surface area contributed by atoms with Crippen LogP contribution in [0.25, 0.3) is 0 Å². The van der Waals surface area contributed by atoms with E-state index >= 15 is 0 Å². The second kappa shape index (κ2) is 5.44. The van der Waals surface area contributed by atoms with Crippen molar-refractivity contribution in [2.45, 2.75) is 36.3 Å². The van der Waals surface area contributed by atoms with E-state index in [0.29, 0.717) is 0 Å². The van der Waals surface area contributed by atoms with Gasteiger partial charge in [-0.1, -0.05) is 0 Å². The predicted octanol–water partition coefficient (Wildman–Crippen LogP) is 1.25. The summed E-state index contributed by atoms with van der Waals surface area (Å²) in [5, 5.41) is 0. The highest BCUT2D eigenvalue weighted by Crippen LogP contribution is 2.24. The van der Waals surface area contributed by atoms with Crippen LogP contribution < -0.4 is 10.5 Å². The molecule has 19 heavy (non-hydrogen) atoms. The molecule has 1 aromatic rings. The molecule has 0 radical (unpaired) electrons. The fourth-order valence-electron chi connectivity index (χ4n) is 2.30. The summed E-state index contributed by atoms with van der Waals surface area (Å²) in [5.41, 5.74) is 5.20. The number of hydrogen-bond donors (Lipinski definition) is 2. The average Bonchev–Trinajstić information content (AvgIpc) is 2.79. The van der Waals surface area contributed by atoms with Crippen LogP contribution in [-0.2, 0) is 14.8 Å². The van der Waals surface area contributed by atoms with Crippen molar-refractivity contribution in [3.63, 3.8) is 0 Å². The first-order valence-corrected chi connectivity index (χ1v) is 7.52. The fourth-order valence-corrected chi connectivity index (χ4v) is 3.63. The van der Waals surface area contributed by atoms with Crippen molar-refractivity contribution in [2.24, 2.45) is 0 Å². The summed E-state index contributed by atoms with van der Waals surface area (Å²) in [5.74, 6) is -0.630. The maximum Gasteiger partial charge on any atom is 0.240 e. The fraction of sp³-hybridized carbons (Fsp3) is 0.500. The lowest BCUT2D eigenvalue weighted by Crippen LogP contribution is -2.40. The number of nitrogens with one attached hydrogen (secondary N) is 1. The second-order valence-electron chi connectivity index (χ2n) is 4.62. The molecule has 0 bridgehead atoms. The Morgan fingerprint density at radius 1 is 1.42 bits per heavy atom. The summed E-state index contributed by atoms with van der Waals surface area (Å²) >= 11 is 0. The predicted molar refractivity (Wildman–Crippen MR) is 69.6 cm³/mol. The van der Waals surface area contributed by atoms with Crippen LogP contribution in [0, 0.1) is 5.82 Å². The van der Waals surface area contributed by atoms with Crippen LogP contribution in [0.1, 0.15) is 19.3 Å². The molecule has 5 nitrogen and oxygen atoms in total. The average molecular weight is 288 g/mol. The quantitative estimate of drug-likeness (QED) is 0.817. The Bertz CT molecular complexity index is 562. The highest BCUT2D eigenvalue weighted by Gasteiger charge is 2.31. The van der Waals surface area contributed by atoms with Gasteiger partial charge in [0.15, 0.2) is 0 Å². The third-order valence-electron chi connectivity index (χ3n) is 3.34. The van der Waals surface area contributed by atoms with Crippen molar-refractivity contribution < 1.29 is 17.5 Å². The number of ether oxygens (including phenoxy) is 1. The van der Waals surface area contributed by atoms with Crippen LogP contribution in [0.15, 0.2) is 23.1 Å². The Balaban J connectivity index is 2.20. The van der Waals surface area contributed by atoms with Crippen LogP contribution in [0.3, 0.4) is 0 Å². The van der Waals surface area contributed by atoms with Crippen LogP contribution in [0.5, 0.6) is 0 Å². The minimum absolute atomic E-state index is 0.0341. The Hall–Kier alpha value is -1.18. The molecular weight excluding hydrogens is 271 g/mol. The number of nitrogen functional groups attached to an aromatic ring is 1. The van der Waals surface area contributed by atoms with E-state index in [1.807, 2.05) is 0 Å². The highest BCUT2D eigenvalue weighted by molar-refractivity contribution is 7.89. The smallest absolute Gasteiger partial charge is 0.240 e. The van der Waals surface area contributed by atoms with Gasteiger partial charge in [-0.3, -0.25) is 0 Å². The number of methoxy groups -OCH3 is 1. The lowest BCUT2D eigenvalue weighted by molar-refractivity contribution is 0.0916. The molecule has 1 saturated carbocycles. The molecule has 1 aromatic carbocycles. The zero-order valence-electron chi connectivity index (χ0n) is 10.6. The first-order valence-electron chi connectivity index (χ1n) is 6.04. The van der Waals surface area contributed by atoms with Gasteiger partial charge in [0.25, 0.3) is 0 Å². The number of hydrogen-bond acceptors (Lipinski definition) is 4. The third kappa shape index (κ3) is 3.05. The van der Waals surface area contributed by atoms with Crippen molar-refractivity contribution in [3.05, 3.63) is 24.0 Å². The van der Waals surface area contributed by atoms with Crippen molar-refractivity contribution in [2.75, 3.05) is 12.8 Å². The molecule has 0 spiro atoms. The van der Waals surface area contributed by atoms with Crippen molar-refractivity contribution in [1.82, 2.24) is 4.72 Å². The van der Waals surface area contributed by atoms with Gasteiger partial charge in [0.1, 0.15) is 5.82 Å². The largest absolute Gasteiger partial charge is 0.396 e. The lowest BCUT2D eigenvalue weighted by Gasteiger charge is -2.19. The van der Waals surface area contributed by atoms with Crippen LogP contribution in [0.4, 0.5) is 10.1 Å². The zero-order chi connectivity index (χ0) is 14.0. The van der Waals surface area contributed by atoms with Crippen molar-refractivity contribution in [3.8, 4) is 0 Å². The molecule has 106 valence electrons. The van der Waals surface area contributed by atoms with Crippen LogP contribution in [0.2, 0.25) is 0 Å². The molecule has 0 amide bonds. The number of benzene rings is 1. The normalized spacial score (nSPS) is 23.7. The molecule has 2 unspecified atom stereocenters. The third-order valence-corrected chi connectivity index (χ3v) is 4.83. The molecule has 0 aromatic heterocycles. The molecule has 0 heterocycles. The first kappa shape index (κ1) is 14.2. The van der Waals surface area contributed by atoms with E-state index in [4.69, 9.17) is 10.5 Å². The minimum atomic E-state index is -3.70. The lowest BCUT2D eigenvalue weighted by atomic mass is 10.2. The number of rotatable bonds is 4. The van der Waals surface area contributed by atoms with Gasteiger partial charge in [0, 0.05) is 13.2 Å². The molecule has 1 fully saturated rings. The first-order chi connectivity index (χ1) is 8.94. The molecule has 0 aliphatic heterocycles. The van der Waals surface area contributed by atoms with E-state index in [1.165, 1.54) is 6.07 Å². The van der Waals surface area contributed by atoms with Gasteiger partial charge in [-0.2, -0.15) is 0 Å². The van der Waals surface area contributed by atoms with Crippen LogP contribution in [-0.4, -0.2) is 27.7 Å². The Morgan fingerprint density at radius 3 is 2.79 bits per heavy atom. The summed E-state index contributed by atoms with van der Waals surface area (Å²) in [6.45, 7) is 0. The molecule has 1 aliphatic carbocycles. The van der Waals surface area contributed by atoms with Gasteiger partial charge in [-0.25, -0.2) is 17.5 Å². The van der Waals surface area contributed by atoms with E-state index in [1.54, 1.807) is 7.11 Å². The maximum atomic E-state index is 13.0. The molecule has 2 rings (SSSR count). The Morgan fingerprint density at radius 2 is 2.16 bits per heavy atom. The van der Waals surface area contributed by atoms with E-state index < -0.39 is 15.8 Å². The molecule has 3 N–H and O–H groups in total. The van der Waals surface area contributed by atoms with Crippen molar-refractivity contribution >= 4 is 15.7 Å². The van der Waals surface area contributed by atoms with Gasteiger partial charge in [-0.05, 0) is 37.5 Å². The molecule has 1 aliphatic rings. The Labute approximate surface area is 112 Å². The summed E-state index contributed by atoms with van der Waals surface area (Å²) < 4.78 is 45.2. The summed E-state index contributed by atoms with van der Waals surface area (Å²) in [6.07, 6.45) is 2.36. The molecule has 0 saturated heterocycles. The molecule has 7 heteroatoms. The summed E-state index contributed by atoms with van der Waals surface area (Å²) in [7, 11) is -2.14. The molecule has 2 atom stereocenters. The van der Waals surface area contributed by atoms with Gasteiger partial charge in [0.2, 0.25) is 10.0 Å². The number of halogens is 1. The summed E-state index contributed by atoms with van der Waals surface area (Å²) in [4.78, 5) is -0.0341. The van der Waals surface area contributed by atoms with E-state index in [0.717, 1.165) is 31.4 Å². The van der Waals surface area contributed by atoms with Gasteiger partial charge >= 0.3 is 0 Å². The van der Waals surface area contributed by atoms with E-state index in [9.17, 15) is 12.8 Å². The van der Waals surface area contributed by atoms with E-state index in [2.05, 4.69) is 4.72 Å². The van der Waals surface area contributed by atoms with Gasteiger partial charge in [-0.15, -0.1) is 0 Å². The number of nitrogens with two attached hydrogens (primary N) is 1. The standard InChI is InChI=1S/C12H17FN2O3S/c1-18-12-4-2-3-11(12)15-19(16,17)8-5-6-9(13)10(14)7-8/h5-7,11-12,15H,2-4,14H2,1H3. The summed E-state index contributed by atoms with van der Waals surface area (Å²) in [6, 6.07) is 3.12. The highest BCUT2D eigenvalue weighted by atomic mass is 32.2.